The molecule has 0 saturated carbocycles. The molecule has 2 aromatic carbocycles. The molecule has 1 aromatic heterocycles. The highest BCUT2D eigenvalue weighted by molar-refractivity contribution is 9.10. The summed E-state index contributed by atoms with van der Waals surface area (Å²) < 4.78 is 0.696. The van der Waals surface area contributed by atoms with E-state index < -0.39 is 0 Å². The Bertz CT molecular complexity index is 942. The molecule has 0 unspecified atom stereocenters. The van der Waals surface area contributed by atoms with Gasteiger partial charge in [-0.3, -0.25) is 9.89 Å². The second-order valence-corrected chi connectivity index (χ2v) is 8.22. The third kappa shape index (κ3) is 3.84. The molecule has 0 saturated heterocycles. The lowest BCUT2D eigenvalue weighted by Crippen LogP contribution is -2.13. The minimum Gasteiger partial charge on any atom is -0.304 e. The van der Waals surface area contributed by atoms with Crippen LogP contribution in [-0.4, -0.2) is 16.1 Å². The van der Waals surface area contributed by atoms with E-state index in [1.807, 2.05) is 12.1 Å². The molecule has 0 aliphatic carbocycles. The van der Waals surface area contributed by atoms with Crippen LogP contribution in [-0.2, 0) is 5.41 Å². The predicted octanol–water partition coefficient (Wildman–Crippen LogP) is 6.04. The van der Waals surface area contributed by atoms with Crippen molar-refractivity contribution in [2.75, 3.05) is 5.32 Å². The number of H-pyrrole nitrogens is 1. The van der Waals surface area contributed by atoms with Crippen LogP contribution in [0, 0.1) is 0 Å². The average Bonchev–Trinajstić information content (AvgIpc) is 2.95. The monoisotopic (exact) mass is 431 g/mol. The van der Waals surface area contributed by atoms with Crippen molar-refractivity contribution >= 4 is 39.3 Å². The summed E-state index contributed by atoms with van der Waals surface area (Å²) in [6, 6.07) is 15.2. The lowest BCUT2D eigenvalue weighted by Gasteiger charge is -2.19. The van der Waals surface area contributed by atoms with Gasteiger partial charge in [-0.2, -0.15) is 5.10 Å². The fourth-order valence-electron chi connectivity index (χ4n) is 2.56. The molecule has 1 amide bonds. The van der Waals surface area contributed by atoms with Gasteiger partial charge in [-0.25, -0.2) is 0 Å². The maximum Gasteiger partial charge on any atom is 0.258 e. The number of aromatic nitrogens is 2. The second-order valence-electron chi connectivity index (χ2n) is 7.02. The topological polar surface area (TPSA) is 57.8 Å². The van der Waals surface area contributed by atoms with Crippen molar-refractivity contribution in [1.82, 2.24) is 10.2 Å². The summed E-state index contributed by atoms with van der Waals surface area (Å²) in [5, 5.41) is 10.4. The van der Waals surface area contributed by atoms with Gasteiger partial charge >= 0.3 is 0 Å². The van der Waals surface area contributed by atoms with Crippen LogP contribution >= 0.6 is 27.5 Å². The third-order valence-corrected chi connectivity index (χ3v) is 5.20. The Hall–Kier alpha value is -2.11. The third-order valence-electron chi connectivity index (χ3n) is 4.10. The van der Waals surface area contributed by atoms with Crippen molar-refractivity contribution in [3.05, 3.63) is 69.2 Å². The molecule has 0 aliphatic rings. The molecule has 26 heavy (non-hydrogen) atoms. The van der Waals surface area contributed by atoms with Gasteiger partial charge in [0.25, 0.3) is 5.91 Å². The summed E-state index contributed by atoms with van der Waals surface area (Å²) in [4.78, 5) is 12.4. The first kappa shape index (κ1) is 18.7. The zero-order chi connectivity index (χ0) is 18.9. The molecule has 0 fully saturated rings. The standard InChI is InChI=1S/C20H19BrClN3O/c1-20(2,3)13-10-8-12(9-11-13)17-16(21)18(25-24-17)23-19(26)14-6-4-5-7-15(14)22/h4-11H,1-3H3,(H2,23,24,25,26). The maximum atomic E-state index is 12.4. The van der Waals surface area contributed by atoms with E-state index in [1.165, 1.54) is 5.56 Å². The van der Waals surface area contributed by atoms with E-state index in [9.17, 15) is 4.79 Å². The normalized spacial score (nSPS) is 11.4. The zero-order valence-corrected chi connectivity index (χ0v) is 17.1. The predicted molar refractivity (Wildman–Crippen MR) is 110 cm³/mol. The Labute approximate surface area is 166 Å². The van der Waals surface area contributed by atoms with E-state index >= 15 is 0 Å². The highest BCUT2D eigenvalue weighted by Gasteiger charge is 2.18. The highest BCUT2D eigenvalue weighted by Crippen LogP contribution is 2.33. The molecule has 0 radical (unpaired) electrons. The van der Waals surface area contributed by atoms with Gasteiger partial charge in [0.1, 0.15) is 0 Å². The Morgan fingerprint density at radius 3 is 2.38 bits per heavy atom. The molecular formula is C20H19BrClN3O. The van der Waals surface area contributed by atoms with Gasteiger partial charge in [0.2, 0.25) is 0 Å². The smallest absolute Gasteiger partial charge is 0.258 e. The van der Waals surface area contributed by atoms with Crippen molar-refractivity contribution < 1.29 is 4.79 Å². The number of nitrogens with one attached hydrogen (secondary N) is 2. The lowest BCUT2D eigenvalue weighted by atomic mass is 9.86. The van der Waals surface area contributed by atoms with E-state index in [2.05, 4.69) is 64.3 Å². The van der Waals surface area contributed by atoms with Crippen molar-refractivity contribution in [2.45, 2.75) is 26.2 Å². The average molecular weight is 433 g/mol. The van der Waals surface area contributed by atoms with Crippen molar-refractivity contribution in [2.24, 2.45) is 0 Å². The molecule has 2 N–H and O–H groups in total. The van der Waals surface area contributed by atoms with Crippen LogP contribution < -0.4 is 5.32 Å². The molecule has 134 valence electrons. The summed E-state index contributed by atoms with van der Waals surface area (Å²) >= 11 is 9.60. The molecule has 3 rings (SSSR count). The Morgan fingerprint density at radius 1 is 1.12 bits per heavy atom. The van der Waals surface area contributed by atoms with Crippen LogP contribution in [0.2, 0.25) is 5.02 Å². The van der Waals surface area contributed by atoms with Gasteiger partial charge in [-0.15, -0.1) is 0 Å². The number of rotatable bonds is 3. The van der Waals surface area contributed by atoms with Crippen LogP contribution in [0.25, 0.3) is 11.3 Å². The number of hydrogen-bond acceptors (Lipinski definition) is 2. The Morgan fingerprint density at radius 2 is 1.77 bits per heavy atom. The van der Waals surface area contributed by atoms with Gasteiger partial charge in [-0.05, 0) is 39.0 Å². The number of halogens is 2. The van der Waals surface area contributed by atoms with Crippen molar-refractivity contribution in [1.29, 1.82) is 0 Å². The summed E-state index contributed by atoms with van der Waals surface area (Å²) in [6.45, 7) is 6.53. The SMILES string of the molecule is CC(C)(C)c1ccc(-c2[nH]nc(NC(=O)c3ccccc3Cl)c2Br)cc1. The fourth-order valence-corrected chi connectivity index (χ4v) is 3.29. The van der Waals surface area contributed by atoms with E-state index in [-0.39, 0.29) is 11.3 Å². The van der Waals surface area contributed by atoms with Gasteiger partial charge < -0.3 is 5.32 Å². The summed E-state index contributed by atoms with van der Waals surface area (Å²) in [7, 11) is 0. The summed E-state index contributed by atoms with van der Waals surface area (Å²) in [5.41, 5.74) is 3.54. The molecule has 0 spiro atoms. The number of benzene rings is 2. The van der Waals surface area contributed by atoms with Crippen LogP contribution in [0.4, 0.5) is 5.82 Å². The number of anilines is 1. The molecule has 0 bridgehead atoms. The van der Waals surface area contributed by atoms with E-state index in [0.29, 0.717) is 20.9 Å². The number of carbonyl (C=O) groups is 1. The first-order chi connectivity index (χ1) is 12.3. The summed E-state index contributed by atoms with van der Waals surface area (Å²) in [5.74, 6) is 0.113. The van der Waals surface area contributed by atoms with Crippen LogP contribution in [0.5, 0.6) is 0 Å². The molecular weight excluding hydrogens is 414 g/mol. The number of carbonyl (C=O) groups excluding carboxylic acids is 1. The van der Waals surface area contributed by atoms with Gasteiger partial charge in [-0.1, -0.05) is 68.8 Å². The van der Waals surface area contributed by atoms with E-state index in [1.54, 1.807) is 24.3 Å². The largest absolute Gasteiger partial charge is 0.304 e. The van der Waals surface area contributed by atoms with Gasteiger partial charge in [0, 0.05) is 5.56 Å². The molecule has 4 nitrogen and oxygen atoms in total. The molecule has 1 heterocycles. The van der Waals surface area contributed by atoms with Crippen molar-refractivity contribution in [3.8, 4) is 11.3 Å². The molecule has 3 aromatic rings. The first-order valence-corrected chi connectivity index (χ1v) is 9.35. The minimum atomic E-state index is -0.308. The quantitative estimate of drug-likeness (QED) is 0.530. The van der Waals surface area contributed by atoms with Gasteiger partial charge in [0.15, 0.2) is 5.82 Å². The Kier molecular flexibility index (Phi) is 5.21. The van der Waals surface area contributed by atoms with E-state index in [0.717, 1.165) is 11.3 Å². The van der Waals surface area contributed by atoms with Gasteiger partial charge in [0.05, 0.1) is 20.8 Å². The first-order valence-electron chi connectivity index (χ1n) is 8.18. The Balaban J connectivity index is 1.84. The number of aromatic amines is 1. The molecule has 0 aliphatic heterocycles. The van der Waals surface area contributed by atoms with Crippen LogP contribution in [0.3, 0.4) is 0 Å². The second kappa shape index (κ2) is 7.25. The van der Waals surface area contributed by atoms with E-state index in [4.69, 9.17) is 11.6 Å². The number of amides is 1. The number of hydrogen-bond donors (Lipinski definition) is 2. The molecule has 6 heteroatoms. The molecule has 0 atom stereocenters. The fraction of sp³-hybridized carbons (Fsp3) is 0.200. The zero-order valence-electron chi connectivity index (χ0n) is 14.7. The maximum absolute atomic E-state index is 12.4. The van der Waals surface area contributed by atoms with Crippen LogP contribution in [0.15, 0.2) is 53.0 Å². The van der Waals surface area contributed by atoms with Crippen LogP contribution in [0.1, 0.15) is 36.7 Å². The number of nitrogens with zero attached hydrogens (tertiary/aromatic N) is 1. The minimum absolute atomic E-state index is 0.0951. The van der Waals surface area contributed by atoms with Crippen molar-refractivity contribution in [3.63, 3.8) is 0 Å². The highest BCUT2D eigenvalue weighted by atomic mass is 79.9. The summed E-state index contributed by atoms with van der Waals surface area (Å²) in [6.07, 6.45) is 0. The lowest BCUT2D eigenvalue weighted by molar-refractivity contribution is 0.102.